The number of aromatic nitrogens is 1. The fraction of sp³-hybridized carbons (Fsp3) is 0.407. The summed E-state index contributed by atoms with van der Waals surface area (Å²) in [5, 5.41) is 1.11. The number of piperazine rings is 1. The average Bonchev–Trinajstić information content (AvgIpc) is 3.13. The second kappa shape index (κ2) is 9.02. The van der Waals surface area contributed by atoms with E-state index in [0.717, 1.165) is 54.6 Å². The maximum atomic E-state index is 13.2. The molecule has 3 aromatic rings. The van der Waals surface area contributed by atoms with Gasteiger partial charge >= 0.3 is 0 Å². The standard InChI is InChI=1S/C27H32N4O2/c1-19-20(2)28-24-11-10-22(17-23(19)24)26(32)30-15-13-29(14-16-30)25-9-6-12-31(27(25)33)18-21-7-4-3-5-8-21/h3-5,7-8,10-11,17,25,28H,6,9,12-16,18H2,1-2H3/t25-/m0/s1. The molecule has 6 heteroatoms. The monoisotopic (exact) mass is 444 g/mol. The third-order valence-electron chi connectivity index (χ3n) is 7.32. The predicted octanol–water partition coefficient (Wildman–Crippen LogP) is 3.73. The smallest absolute Gasteiger partial charge is 0.253 e. The summed E-state index contributed by atoms with van der Waals surface area (Å²) in [5.41, 5.74) is 5.32. The van der Waals surface area contributed by atoms with Gasteiger partial charge in [0, 0.05) is 61.4 Å². The summed E-state index contributed by atoms with van der Waals surface area (Å²) in [6.07, 6.45) is 1.93. The van der Waals surface area contributed by atoms with Crippen molar-refractivity contribution in [2.75, 3.05) is 32.7 Å². The van der Waals surface area contributed by atoms with E-state index in [-0.39, 0.29) is 17.9 Å². The molecule has 1 aromatic heterocycles. The third kappa shape index (κ3) is 4.27. The highest BCUT2D eigenvalue weighted by Crippen LogP contribution is 2.24. The average molecular weight is 445 g/mol. The molecule has 6 nitrogen and oxygen atoms in total. The number of hydrogen-bond acceptors (Lipinski definition) is 3. The lowest BCUT2D eigenvalue weighted by Gasteiger charge is -2.42. The van der Waals surface area contributed by atoms with Crippen molar-refractivity contribution in [2.24, 2.45) is 0 Å². The van der Waals surface area contributed by atoms with Gasteiger partial charge in [-0.2, -0.15) is 0 Å². The number of carbonyl (C=O) groups excluding carboxylic acids is 2. The van der Waals surface area contributed by atoms with Crippen LogP contribution >= 0.6 is 0 Å². The van der Waals surface area contributed by atoms with Crippen molar-refractivity contribution < 1.29 is 9.59 Å². The summed E-state index contributed by atoms with van der Waals surface area (Å²) in [4.78, 5) is 36.0. The van der Waals surface area contributed by atoms with Gasteiger partial charge in [0.1, 0.15) is 0 Å². The molecule has 2 saturated heterocycles. The minimum absolute atomic E-state index is 0.0680. The van der Waals surface area contributed by atoms with Crippen LogP contribution in [-0.4, -0.2) is 70.3 Å². The number of carbonyl (C=O) groups is 2. The molecule has 2 aliphatic heterocycles. The topological polar surface area (TPSA) is 59.7 Å². The normalized spacial score (nSPS) is 19.9. The Hall–Kier alpha value is -3.12. The minimum Gasteiger partial charge on any atom is -0.358 e. The zero-order valence-electron chi connectivity index (χ0n) is 19.5. The van der Waals surface area contributed by atoms with E-state index in [9.17, 15) is 9.59 Å². The van der Waals surface area contributed by atoms with Gasteiger partial charge in [0.25, 0.3) is 5.91 Å². The van der Waals surface area contributed by atoms with E-state index in [1.54, 1.807) is 0 Å². The van der Waals surface area contributed by atoms with Crippen molar-refractivity contribution >= 4 is 22.7 Å². The summed E-state index contributed by atoms with van der Waals surface area (Å²) in [6.45, 7) is 8.44. The molecule has 0 spiro atoms. The number of piperidine rings is 1. The predicted molar refractivity (Wildman–Crippen MR) is 130 cm³/mol. The van der Waals surface area contributed by atoms with Crippen LogP contribution in [0, 0.1) is 13.8 Å². The Balaban J connectivity index is 1.22. The van der Waals surface area contributed by atoms with Crippen molar-refractivity contribution in [3.63, 3.8) is 0 Å². The Kier molecular flexibility index (Phi) is 5.94. The SMILES string of the molecule is Cc1[nH]c2ccc(C(=O)N3CCN([C@H]4CCCN(Cc5ccccc5)C4=O)CC3)cc2c1C. The molecule has 0 unspecified atom stereocenters. The lowest BCUT2D eigenvalue weighted by molar-refractivity contribution is -0.141. The van der Waals surface area contributed by atoms with Crippen LogP contribution in [0.4, 0.5) is 0 Å². The Bertz CT molecular complexity index is 1160. The largest absolute Gasteiger partial charge is 0.358 e. The van der Waals surface area contributed by atoms with E-state index in [2.05, 4.69) is 35.9 Å². The number of likely N-dealkylation sites (tertiary alicyclic amines) is 1. The number of rotatable bonds is 4. The summed E-state index contributed by atoms with van der Waals surface area (Å²) < 4.78 is 0. The second-order valence-electron chi connectivity index (χ2n) is 9.37. The number of aryl methyl sites for hydroxylation is 2. The summed E-state index contributed by atoms with van der Waals surface area (Å²) in [6, 6.07) is 16.1. The van der Waals surface area contributed by atoms with Crippen molar-refractivity contribution in [1.29, 1.82) is 0 Å². The number of hydrogen-bond donors (Lipinski definition) is 1. The van der Waals surface area contributed by atoms with Crippen LogP contribution in [0.1, 0.15) is 40.0 Å². The summed E-state index contributed by atoms with van der Waals surface area (Å²) in [5.74, 6) is 0.309. The molecule has 0 aliphatic carbocycles. The number of amides is 2. The molecule has 0 radical (unpaired) electrons. The molecule has 2 aliphatic rings. The van der Waals surface area contributed by atoms with Gasteiger partial charge in [-0.15, -0.1) is 0 Å². The second-order valence-corrected chi connectivity index (χ2v) is 9.37. The van der Waals surface area contributed by atoms with Gasteiger partial charge in [-0.25, -0.2) is 0 Å². The zero-order chi connectivity index (χ0) is 22.9. The van der Waals surface area contributed by atoms with Crippen LogP contribution in [0.2, 0.25) is 0 Å². The Labute approximate surface area is 195 Å². The van der Waals surface area contributed by atoms with E-state index in [1.165, 1.54) is 11.1 Å². The number of aromatic amines is 1. The molecule has 0 saturated carbocycles. The van der Waals surface area contributed by atoms with Crippen LogP contribution in [0.3, 0.4) is 0 Å². The molecule has 33 heavy (non-hydrogen) atoms. The highest BCUT2D eigenvalue weighted by molar-refractivity contribution is 5.99. The van der Waals surface area contributed by atoms with Crippen LogP contribution in [0.15, 0.2) is 48.5 Å². The maximum absolute atomic E-state index is 13.2. The first-order valence-electron chi connectivity index (χ1n) is 12.0. The molecule has 1 N–H and O–H groups in total. The van der Waals surface area contributed by atoms with Gasteiger partial charge in [0.15, 0.2) is 0 Å². The molecule has 172 valence electrons. The highest BCUT2D eigenvalue weighted by atomic mass is 16.2. The van der Waals surface area contributed by atoms with Gasteiger partial charge in [-0.1, -0.05) is 30.3 Å². The van der Waals surface area contributed by atoms with Gasteiger partial charge in [0.2, 0.25) is 5.91 Å². The van der Waals surface area contributed by atoms with Crippen molar-refractivity contribution in [3.05, 3.63) is 70.9 Å². The number of fused-ring (bicyclic) bond motifs is 1. The zero-order valence-corrected chi connectivity index (χ0v) is 19.5. The highest BCUT2D eigenvalue weighted by Gasteiger charge is 2.35. The van der Waals surface area contributed by atoms with Gasteiger partial charge in [-0.3, -0.25) is 14.5 Å². The molecule has 5 rings (SSSR count). The molecule has 3 heterocycles. The first-order chi connectivity index (χ1) is 16.0. The van der Waals surface area contributed by atoms with Gasteiger partial charge < -0.3 is 14.8 Å². The van der Waals surface area contributed by atoms with E-state index < -0.39 is 0 Å². The van der Waals surface area contributed by atoms with Crippen molar-refractivity contribution in [1.82, 2.24) is 19.7 Å². The van der Waals surface area contributed by atoms with E-state index >= 15 is 0 Å². The van der Waals surface area contributed by atoms with E-state index in [0.29, 0.717) is 19.6 Å². The summed E-state index contributed by atoms with van der Waals surface area (Å²) in [7, 11) is 0. The molecule has 2 fully saturated rings. The van der Waals surface area contributed by atoms with Crippen molar-refractivity contribution in [2.45, 2.75) is 39.3 Å². The molecule has 1 atom stereocenters. The molecule has 2 amide bonds. The molecule has 0 bridgehead atoms. The van der Waals surface area contributed by atoms with E-state index in [4.69, 9.17) is 0 Å². The lowest BCUT2D eigenvalue weighted by atomic mass is 10.0. The molecular weight excluding hydrogens is 412 g/mol. The maximum Gasteiger partial charge on any atom is 0.253 e. The fourth-order valence-corrected chi connectivity index (χ4v) is 5.23. The number of benzene rings is 2. The quantitative estimate of drug-likeness (QED) is 0.667. The third-order valence-corrected chi connectivity index (χ3v) is 7.32. The first-order valence-corrected chi connectivity index (χ1v) is 12.0. The van der Waals surface area contributed by atoms with Crippen LogP contribution < -0.4 is 0 Å². The molecule has 2 aromatic carbocycles. The number of nitrogens with zero attached hydrogens (tertiary/aromatic N) is 3. The lowest BCUT2D eigenvalue weighted by Crippen LogP contribution is -2.58. The summed E-state index contributed by atoms with van der Waals surface area (Å²) >= 11 is 0. The number of nitrogens with one attached hydrogen (secondary N) is 1. The van der Waals surface area contributed by atoms with Gasteiger partial charge in [-0.05, 0) is 56.0 Å². The minimum atomic E-state index is -0.0680. The van der Waals surface area contributed by atoms with Crippen LogP contribution in [0.25, 0.3) is 10.9 Å². The number of H-pyrrole nitrogens is 1. The van der Waals surface area contributed by atoms with E-state index in [1.807, 2.05) is 46.2 Å². The van der Waals surface area contributed by atoms with Gasteiger partial charge in [0.05, 0.1) is 6.04 Å². The van der Waals surface area contributed by atoms with Crippen molar-refractivity contribution in [3.8, 4) is 0 Å². The van der Waals surface area contributed by atoms with Crippen LogP contribution in [0.5, 0.6) is 0 Å². The first kappa shape index (κ1) is 21.7. The Morgan fingerprint density at radius 3 is 2.52 bits per heavy atom. The molecular formula is C27H32N4O2. The fourth-order valence-electron chi connectivity index (χ4n) is 5.23. The Morgan fingerprint density at radius 2 is 1.76 bits per heavy atom. The Morgan fingerprint density at radius 1 is 1.00 bits per heavy atom. The van der Waals surface area contributed by atoms with Crippen LogP contribution in [-0.2, 0) is 11.3 Å².